The van der Waals surface area contributed by atoms with Crippen LogP contribution in [0, 0.1) is 6.92 Å². The Kier molecular flexibility index (Phi) is 4.89. The highest BCUT2D eigenvalue weighted by atomic mass is 35.5. The topological polar surface area (TPSA) is 59.8 Å². The average Bonchev–Trinajstić information content (AvgIpc) is 3.12. The van der Waals surface area contributed by atoms with Crippen molar-refractivity contribution < 1.29 is 4.79 Å². The summed E-state index contributed by atoms with van der Waals surface area (Å²) in [6.07, 6.45) is 3.89. The number of aromatic nitrogens is 3. The first-order valence-electron chi connectivity index (χ1n) is 7.13. The number of halogens is 2. The minimum atomic E-state index is -0.220. The molecule has 0 atom stereocenters. The first kappa shape index (κ1) is 17.0. The SMILES string of the molecule is Cc1c(C(=O)Nc2ncc(Cc3cccc(Cl)c3Cl)s2)cnn1C. The van der Waals surface area contributed by atoms with Crippen LogP contribution in [0.25, 0.3) is 0 Å². The molecule has 0 aliphatic rings. The Morgan fingerprint density at radius 2 is 2.12 bits per heavy atom. The van der Waals surface area contributed by atoms with Gasteiger partial charge >= 0.3 is 0 Å². The van der Waals surface area contributed by atoms with Crippen LogP contribution in [0.2, 0.25) is 10.0 Å². The van der Waals surface area contributed by atoms with Gasteiger partial charge in [-0.15, -0.1) is 11.3 Å². The summed E-state index contributed by atoms with van der Waals surface area (Å²) >= 11 is 13.6. The molecule has 0 saturated heterocycles. The molecule has 1 aromatic carbocycles. The number of nitrogens with one attached hydrogen (secondary N) is 1. The zero-order valence-corrected chi connectivity index (χ0v) is 15.3. The van der Waals surface area contributed by atoms with Crippen LogP contribution in [0.5, 0.6) is 0 Å². The van der Waals surface area contributed by atoms with Gasteiger partial charge in [-0.3, -0.25) is 14.8 Å². The number of anilines is 1. The van der Waals surface area contributed by atoms with Crippen molar-refractivity contribution in [3.8, 4) is 0 Å². The van der Waals surface area contributed by atoms with E-state index in [2.05, 4.69) is 15.4 Å². The molecular formula is C16H14Cl2N4OS. The van der Waals surface area contributed by atoms with E-state index in [4.69, 9.17) is 23.2 Å². The Hall–Kier alpha value is -1.89. The number of hydrogen-bond acceptors (Lipinski definition) is 4. The van der Waals surface area contributed by atoms with Crippen LogP contribution in [-0.4, -0.2) is 20.7 Å². The second-order valence-electron chi connectivity index (χ2n) is 5.24. The summed E-state index contributed by atoms with van der Waals surface area (Å²) in [7, 11) is 1.79. The number of rotatable bonds is 4. The lowest BCUT2D eigenvalue weighted by Gasteiger charge is -2.03. The quantitative estimate of drug-likeness (QED) is 0.732. The highest BCUT2D eigenvalue weighted by Gasteiger charge is 2.15. The molecule has 0 aliphatic heterocycles. The van der Waals surface area contributed by atoms with Gasteiger partial charge in [0, 0.05) is 30.2 Å². The highest BCUT2D eigenvalue weighted by molar-refractivity contribution is 7.15. The number of amides is 1. The summed E-state index contributed by atoms with van der Waals surface area (Å²) in [6, 6.07) is 5.53. The predicted octanol–water partition coefficient (Wildman–Crippen LogP) is 4.33. The van der Waals surface area contributed by atoms with Crippen LogP contribution in [-0.2, 0) is 13.5 Å². The second kappa shape index (κ2) is 6.93. The Morgan fingerprint density at radius 3 is 2.83 bits per heavy atom. The zero-order valence-electron chi connectivity index (χ0n) is 13.0. The van der Waals surface area contributed by atoms with Crippen LogP contribution in [0.1, 0.15) is 26.5 Å². The van der Waals surface area contributed by atoms with Crippen molar-refractivity contribution >= 4 is 45.6 Å². The molecule has 1 N–H and O–H groups in total. The lowest BCUT2D eigenvalue weighted by molar-refractivity contribution is 0.102. The van der Waals surface area contributed by atoms with Crippen molar-refractivity contribution in [3.63, 3.8) is 0 Å². The van der Waals surface area contributed by atoms with Crippen molar-refractivity contribution in [2.75, 3.05) is 5.32 Å². The standard InChI is InChI=1S/C16H14Cl2N4OS/c1-9-12(8-20-22(9)2)15(23)21-16-19-7-11(24-16)6-10-4-3-5-13(17)14(10)18/h3-5,7-8H,6H2,1-2H3,(H,19,21,23). The fourth-order valence-electron chi connectivity index (χ4n) is 2.21. The molecule has 8 heteroatoms. The summed E-state index contributed by atoms with van der Waals surface area (Å²) in [6.45, 7) is 1.84. The lowest BCUT2D eigenvalue weighted by Crippen LogP contribution is -2.12. The molecule has 124 valence electrons. The van der Waals surface area contributed by atoms with E-state index in [1.807, 2.05) is 19.1 Å². The monoisotopic (exact) mass is 380 g/mol. The number of thiazole rings is 1. The van der Waals surface area contributed by atoms with Gasteiger partial charge < -0.3 is 0 Å². The Balaban J connectivity index is 1.73. The molecule has 0 unspecified atom stereocenters. The number of carbonyl (C=O) groups is 1. The Labute approximate surface area is 153 Å². The van der Waals surface area contributed by atoms with E-state index in [0.29, 0.717) is 27.2 Å². The third-order valence-electron chi connectivity index (χ3n) is 3.65. The van der Waals surface area contributed by atoms with Gasteiger partial charge in [0.1, 0.15) is 0 Å². The van der Waals surface area contributed by atoms with Crippen molar-refractivity contribution in [1.29, 1.82) is 0 Å². The molecule has 24 heavy (non-hydrogen) atoms. The molecule has 2 heterocycles. The molecule has 5 nitrogen and oxygen atoms in total. The molecule has 3 rings (SSSR count). The number of benzene rings is 1. The summed E-state index contributed by atoms with van der Waals surface area (Å²) < 4.78 is 1.66. The fourth-order valence-corrected chi connectivity index (χ4v) is 3.42. The van der Waals surface area contributed by atoms with Gasteiger partial charge in [-0.05, 0) is 18.6 Å². The first-order valence-corrected chi connectivity index (χ1v) is 8.70. The minimum Gasteiger partial charge on any atom is -0.298 e. The maximum atomic E-state index is 12.3. The third kappa shape index (κ3) is 3.45. The Morgan fingerprint density at radius 1 is 1.33 bits per heavy atom. The third-order valence-corrected chi connectivity index (χ3v) is 5.42. The summed E-state index contributed by atoms with van der Waals surface area (Å²) in [5.41, 5.74) is 2.26. The molecule has 1 amide bonds. The predicted molar refractivity (Wildman–Crippen MR) is 97.3 cm³/mol. The van der Waals surface area contributed by atoms with E-state index in [-0.39, 0.29) is 5.91 Å². The molecule has 3 aromatic rings. The lowest BCUT2D eigenvalue weighted by atomic mass is 10.1. The van der Waals surface area contributed by atoms with E-state index in [1.165, 1.54) is 11.3 Å². The highest BCUT2D eigenvalue weighted by Crippen LogP contribution is 2.29. The van der Waals surface area contributed by atoms with E-state index in [0.717, 1.165) is 16.1 Å². The normalized spacial score (nSPS) is 10.8. The van der Waals surface area contributed by atoms with Gasteiger partial charge in [0.15, 0.2) is 5.13 Å². The van der Waals surface area contributed by atoms with E-state index < -0.39 is 0 Å². The molecule has 0 radical (unpaired) electrons. The number of aryl methyl sites for hydroxylation is 1. The molecule has 0 aliphatic carbocycles. The molecular weight excluding hydrogens is 367 g/mol. The second-order valence-corrected chi connectivity index (χ2v) is 7.14. The number of nitrogens with zero attached hydrogens (tertiary/aromatic N) is 3. The number of hydrogen-bond donors (Lipinski definition) is 1. The minimum absolute atomic E-state index is 0.220. The van der Waals surface area contributed by atoms with Gasteiger partial charge in [0.2, 0.25) is 0 Å². The average molecular weight is 381 g/mol. The van der Waals surface area contributed by atoms with Crippen LogP contribution in [0.4, 0.5) is 5.13 Å². The van der Waals surface area contributed by atoms with Gasteiger partial charge in [-0.2, -0.15) is 5.10 Å². The van der Waals surface area contributed by atoms with Gasteiger partial charge in [-0.25, -0.2) is 4.98 Å². The first-order chi connectivity index (χ1) is 11.5. The summed E-state index contributed by atoms with van der Waals surface area (Å²) in [5, 5.41) is 8.48. The Bertz CT molecular complexity index is 903. The fraction of sp³-hybridized carbons (Fsp3) is 0.188. The van der Waals surface area contributed by atoms with Crippen LogP contribution in [0.15, 0.2) is 30.6 Å². The van der Waals surface area contributed by atoms with Crippen molar-refractivity contribution in [2.24, 2.45) is 7.05 Å². The largest absolute Gasteiger partial charge is 0.298 e. The van der Waals surface area contributed by atoms with E-state index in [1.54, 1.807) is 30.2 Å². The van der Waals surface area contributed by atoms with E-state index >= 15 is 0 Å². The summed E-state index contributed by atoms with van der Waals surface area (Å²) in [5.74, 6) is -0.220. The van der Waals surface area contributed by atoms with Gasteiger partial charge in [-0.1, -0.05) is 35.3 Å². The maximum absolute atomic E-state index is 12.3. The van der Waals surface area contributed by atoms with E-state index in [9.17, 15) is 4.79 Å². The smallest absolute Gasteiger partial charge is 0.260 e. The van der Waals surface area contributed by atoms with Crippen LogP contribution >= 0.6 is 34.5 Å². The molecule has 0 saturated carbocycles. The van der Waals surface area contributed by atoms with Gasteiger partial charge in [0.25, 0.3) is 5.91 Å². The molecule has 2 aromatic heterocycles. The number of carbonyl (C=O) groups excluding carboxylic acids is 1. The maximum Gasteiger partial charge on any atom is 0.260 e. The molecule has 0 fully saturated rings. The van der Waals surface area contributed by atoms with Crippen molar-refractivity contribution in [2.45, 2.75) is 13.3 Å². The molecule has 0 spiro atoms. The zero-order chi connectivity index (χ0) is 17.3. The van der Waals surface area contributed by atoms with Crippen molar-refractivity contribution in [3.05, 3.63) is 62.3 Å². The van der Waals surface area contributed by atoms with Gasteiger partial charge in [0.05, 0.1) is 21.8 Å². The van der Waals surface area contributed by atoms with Crippen LogP contribution < -0.4 is 5.32 Å². The van der Waals surface area contributed by atoms with Crippen molar-refractivity contribution in [1.82, 2.24) is 14.8 Å². The summed E-state index contributed by atoms with van der Waals surface area (Å²) in [4.78, 5) is 17.5. The molecule has 0 bridgehead atoms. The van der Waals surface area contributed by atoms with Crippen LogP contribution in [0.3, 0.4) is 0 Å².